The van der Waals surface area contributed by atoms with Gasteiger partial charge in [0.15, 0.2) is 11.0 Å². The van der Waals surface area contributed by atoms with Crippen LogP contribution in [0.5, 0.6) is 5.75 Å². The minimum absolute atomic E-state index is 0.0557. The largest absolute Gasteiger partial charge is 0.497 e. The van der Waals surface area contributed by atoms with Gasteiger partial charge in [0.2, 0.25) is 5.91 Å². The zero-order chi connectivity index (χ0) is 19.4. The lowest BCUT2D eigenvalue weighted by Crippen LogP contribution is -2.30. The Kier molecular flexibility index (Phi) is 5.85. The monoisotopic (exact) mass is 386 g/mol. The summed E-state index contributed by atoms with van der Waals surface area (Å²) in [5.74, 6) is 2.24. The second-order valence-corrected chi connectivity index (χ2v) is 7.39. The Morgan fingerprint density at radius 3 is 2.67 bits per heavy atom. The lowest BCUT2D eigenvalue weighted by molar-refractivity contribution is -0.120. The maximum absolute atomic E-state index is 12.4. The maximum atomic E-state index is 12.4. The molecular formula is C19H22N4O3S. The van der Waals surface area contributed by atoms with Crippen molar-refractivity contribution in [3.63, 3.8) is 0 Å². The number of rotatable bonds is 7. The molecule has 0 radical (unpaired) electrons. The number of nitrogens with zero attached hydrogens (tertiary/aromatic N) is 3. The van der Waals surface area contributed by atoms with Crippen LogP contribution in [0.3, 0.4) is 0 Å². The summed E-state index contributed by atoms with van der Waals surface area (Å²) in [6.45, 7) is 4.20. The highest BCUT2D eigenvalue weighted by atomic mass is 32.2. The molecule has 0 bridgehead atoms. The average Bonchev–Trinajstić information content (AvgIpc) is 3.25. The quantitative estimate of drug-likeness (QED) is 0.628. The van der Waals surface area contributed by atoms with Crippen molar-refractivity contribution in [1.29, 1.82) is 0 Å². The molecule has 8 heteroatoms. The number of nitrogens with one attached hydrogen (secondary N) is 1. The number of ether oxygens (including phenoxy) is 1. The third-order valence-corrected chi connectivity index (χ3v) is 5.35. The summed E-state index contributed by atoms with van der Waals surface area (Å²) in [6, 6.07) is 9.47. The van der Waals surface area contributed by atoms with Crippen LogP contribution in [0.15, 0.2) is 46.2 Å². The molecule has 1 aromatic carbocycles. The van der Waals surface area contributed by atoms with E-state index in [1.54, 1.807) is 13.4 Å². The van der Waals surface area contributed by atoms with E-state index in [0.717, 1.165) is 28.5 Å². The number of hydrogen-bond acceptors (Lipinski definition) is 6. The number of carbonyl (C=O) groups excluding carboxylic acids is 1. The van der Waals surface area contributed by atoms with Gasteiger partial charge in [-0.2, -0.15) is 0 Å². The Hall–Kier alpha value is -2.74. The second kappa shape index (κ2) is 8.30. The molecule has 0 spiro atoms. The number of furan rings is 1. The van der Waals surface area contributed by atoms with Crippen LogP contribution in [-0.4, -0.2) is 33.0 Å². The minimum atomic E-state index is -0.301. The molecule has 1 N–H and O–H groups in total. The Labute approximate surface area is 162 Å². The molecule has 1 atom stereocenters. The van der Waals surface area contributed by atoms with Crippen LogP contribution >= 0.6 is 11.8 Å². The standard InChI is InChI=1S/C19H22N4O3S/c1-12-16(9-10-26-12)17-21-22-19(23(17)3)27-13(2)18(24)20-11-14-5-7-15(25-4)8-6-14/h5-10,13H,11H2,1-4H3,(H,20,24)/t13-/m0/s1. The van der Waals surface area contributed by atoms with Gasteiger partial charge in [0.25, 0.3) is 0 Å². The fourth-order valence-electron chi connectivity index (χ4n) is 2.56. The highest BCUT2D eigenvalue weighted by molar-refractivity contribution is 8.00. The summed E-state index contributed by atoms with van der Waals surface area (Å²) in [7, 11) is 3.51. The number of aromatic nitrogens is 3. The lowest BCUT2D eigenvalue weighted by Gasteiger charge is -2.12. The maximum Gasteiger partial charge on any atom is 0.233 e. The fourth-order valence-corrected chi connectivity index (χ4v) is 3.40. The van der Waals surface area contributed by atoms with Crippen molar-refractivity contribution < 1.29 is 13.9 Å². The molecule has 7 nitrogen and oxygen atoms in total. The van der Waals surface area contributed by atoms with Crippen molar-refractivity contribution >= 4 is 17.7 Å². The van der Waals surface area contributed by atoms with Gasteiger partial charge in [-0.3, -0.25) is 4.79 Å². The summed E-state index contributed by atoms with van der Waals surface area (Å²) in [5, 5.41) is 11.8. The zero-order valence-electron chi connectivity index (χ0n) is 15.7. The van der Waals surface area contributed by atoms with E-state index in [1.807, 2.05) is 55.8 Å². The number of methoxy groups -OCH3 is 1. The molecule has 142 valence electrons. The zero-order valence-corrected chi connectivity index (χ0v) is 16.5. The molecule has 1 amide bonds. The SMILES string of the molecule is COc1ccc(CNC(=O)[C@H](C)Sc2nnc(-c3ccoc3C)n2C)cc1. The van der Waals surface area contributed by atoms with E-state index in [9.17, 15) is 4.79 Å². The van der Waals surface area contributed by atoms with Crippen LogP contribution in [0.2, 0.25) is 0 Å². The molecule has 0 unspecified atom stereocenters. The number of thioether (sulfide) groups is 1. The van der Waals surface area contributed by atoms with Crippen molar-refractivity contribution in [2.75, 3.05) is 7.11 Å². The van der Waals surface area contributed by atoms with Crippen LogP contribution in [0, 0.1) is 6.92 Å². The highest BCUT2D eigenvalue weighted by Gasteiger charge is 2.20. The van der Waals surface area contributed by atoms with Crippen molar-refractivity contribution in [2.24, 2.45) is 7.05 Å². The van der Waals surface area contributed by atoms with Gasteiger partial charge >= 0.3 is 0 Å². The van der Waals surface area contributed by atoms with E-state index < -0.39 is 0 Å². The van der Waals surface area contributed by atoms with Gasteiger partial charge in [0, 0.05) is 13.6 Å². The molecule has 2 aromatic heterocycles. The van der Waals surface area contributed by atoms with E-state index in [-0.39, 0.29) is 11.2 Å². The summed E-state index contributed by atoms with van der Waals surface area (Å²) >= 11 is 1.37. The molecular weight excluding hydrogens is 364 g/mol. The predicted molar refractivity (Wildman–Crippen MR) is 104 cm³/mol. The average molecular weight is 386 g/mol. The van der Waals surface area contributed by atoms with Crippen LogP contribution in [-0.2, 0) is 18.4 Å². The summed E-state index contributed by atoms with van der Waals surface area (Å²) in [6.07, 6.45) is 1.63. The van der Waals surface area contributed by atoms with E-state index >= 15 is 0 Å². The van der Waals surface area contributed by atoms with Gasteiger partial charge in [0.1, 0.15) is 11.5 Å². The number of amides is 1. The lowest BCUT2D eigenvalue weighted by atomic mass is 10.2. The molecule has 3 rings (SSSR count). The van der Waals surface area contributed by atoms with Crippen molar-refractivity contribution in [2.45, 2.75) is 30.8 Å². The molecule has 0 saturated heterocycles. The van der Waals surface area contributed by atoms with E-state index in [2.05, 4.69) is 15.5 Å². The van der Waals surface area contributed by atoms with Crippen LogP contribution < -0.4 is 10.1 Å². The van der Waals surface area contributed by atoms with Gasteiger partial charge in [-0.25, -0.2) is 0 Å². The minimum Gasteiger partial charge on any atom is -0.497 e. The Morgan fingerprint density at radius 1 is 1.30 bits per heavy atom. The summed E-state index contributed by atoms with van der Waals surface area (Å²) in [5.41, 5.74) is 1.91. The molecule has 0 saturated carbocycles. The molecule has 0 aliphatic heterocycles. The van der Waals surface area contributed by atoms with Gasteiger partial charge in [-0.15, -0.1) is 10.2 Å². The number of benzene rings is 1. The van der Waals surface area contributed by atoms with Crippen molar-refractivity contribution in [3.05, 3.63) is 47.9 Å². The van der Waals surface area contributed by atoms with E-state index in [0.29, 0.717) is 11.7 Å². The first-order chi connectivity index (χ1) is 13.0. The second-order valence-electron chi connectivity index (χ2n) is 6.08. The first-order valence-corrected chi connectivity index (χ1v) is 9.38. The summed E-state index contributed by atoms with van der Waals surface area (Å²) < 4.78 is 12.3. The van der Waals surface area contributed by atoms with E-state index in [4.69, 9.17) is 9.15 Å². The first kappa shape index (κ1) is 19.0. The summed E-state index contributed by atoms with van der Waals surface area (Å²) in [4.78, 5) is 12.4. The fraction of sp³-hybridized carbons (Fsp3) is 0.316. The normalized spacial score (nSPS) is 12.0. The molecule has 27 heavy (non-hydrogen) atoms. The third-order valence-electron chi connectivity index (χ3n) is 4.21. The van der Waals surface area contributed by atoms with Gasteiger partial charge in [0.05, 0.1) is 24.2 Å². The first-order valence-electron chi connectivity index (χ1n) is 8.50. The van der Waals surface area contributed by atoms with Crippen LogP contribution in [0.4, 0.5) is 0 Å². The Balaban J connectivity index is 1.59. The van der Waals surface area contributed by atoms with Gasteiger partial charge in [-0.1, -0.05) is 23.9 Å². The topological polar surface area (TPSA) is 82.2 Å². The van der Waals surface area contributed by atoms with Crippen molar-refractivity contribution in [3.8, 4) is 17.1 Å². The molecule has 3 aromatic rings. The number of aryl methyl sites for hydroxylation is 1. The Morgan fingerprint density at radius 2 is 2.04 bits per heavy atom. The van der Waals surface area contributed by atoms with Gasteiger partial charge < -0.3 is 19.0 Å². The smallest absolute Gasteiger partial charge is 0.233 e. The molecule has 0 aliphatic rings. The number of carbonyl (C=O) groups is 1. The van der Waals surface area contributed by atoms with Crippen molar-refractivity contribution in [1.82, 2.24) is 20.1 Å². The van der Waals surface area contributed by atoms with Gasteiger partial charge in [-0.05, 0) is 37.6 Å². The number of hydrogen-bond donors (Lipinski definition) is 1. The molecule has 2 heterocycles. The predicted octanol–water partition coefficient (Wildman–Crippen LogP) is 3.19. The molecule has 0 fully saturated rings. The van der Waals surface area contributed by atoms with Crippen LogP contribution in [0.1, 0.15) is 18.2 Å². The van der Waals surface area contributed by atoms with E-state index in [1.165, 1.54) is 11.8 Å². The van der Waals surface area contributed by atoms with Crippen LogP contribution in [0.25, 0.3) is 11.4 Å². The Bertz CT molecular complexity index is 917. The third kappa shape index (κ3) is 4.33. The molecule has 0 aliphatic carbocycles. The highest BCUT2D eigenvalue weighted by Crippen LogP contribution is 2.27.